The summed E-state index contributed by atoms with van der Waals surface area (Å²) in [6.45, 7) is 3.36. The molecule has 0 radical (unpaired) electrons. The van der Waals surface area contributed by atoms with Gasteiger partial charge in [0.15, 0.2) is 0 Å². The predicted octanol–water partition coefficient (Wildman–Crippen LogP) is 4.46. The Morgan fingerprint density at radius 1 is 0.561 bits per heavy atom. The van der Waals surface area contributed by atoms with Gasteiger partial charge in [-0.25, -0.2) is 0 Å². The van der Waals surface area contributed by atoms with Crippen LogP contribution in [0.25, 0.3) is 0 Å². The molecule has 9 rings (SSSR count). The minimum absolute atomic E-state index is 0.00987. The van der Waals surface area contributed by atoms with Gasteiger partial charge >= 0.3 is 0 Å². The highest BCUT2D eigenvalue weighted by molar-refractivity contribution is 5.79. The van der Waals surface area contributed by atoms with Crippen LogP contribution in [0.3, 0.4) is 0 Å². The minimum atomic E-state index is -0.0508. The highest BCUT2D eigenvalue weighted by Gasteiger charge is 2.72. The first-order valence-electron chi connectivity index (χ1n) is 15.5. The summed E-state index contributed by atoms with van der Waals surface area (Å²) < 4.78 is 0. The van der Waals surface area contributed by atoms with Crippen molar-refractivity contribution < 1.29 is 0 Å². The number of benzene rings is 3. The molecule has 212 valence electrons. The molecule has 1 N–H and O–H groups in total. The van der Waals surface area contributed by atoms with E-state index in [1.54, 1.807) is 11.1 Å². The zero-order valence-electron chi connectivity index (χ0n) is 25.1. The van der Waals surface area contributed by atoms with Crippen LogP contribution in [0.4, 0.5) is 17.1 Å². The minimum Gasteiger partial charge on any atom is -0.368 e. The second-order valence-corrected chi connectivity index (χ2v) is 13.9. The van der Waals surface area contributed by atoms with Crippen LogP contribution in [-0.2, 0) is 16.2 Å². The molecule has 3 aromatic carbocycles. The SMILES string of the molecule is CN1CC[C@@]2(c3cccc4c3N[C@H]3N(C)CCC43[C@@]34CCN(C)[C@@H]3N(C)c3ccccc34)c3ccccc3N(C)[C@@H]12. The summed E-state index contributed by atoms with van der Waals surface area (Å²) in [5.74, 6) is 0. The molecule has 0 aromatic heterocycles. The third kappa shape index (κ3) is 2.51. The maximum absolute atomic E-state index is 4.30. The standard InChI is InChI=1S/C35H42N6/c1-37-21-18-34(35-19-22-39(3)32(35)41(5)28-16-9-7-12-24(28)35)26-14-10-13-25(29(26)36-30(34)37)33-17-20-38(2)31(33)40(4)27-15-8-6-11-23(27)33/h6-16,30-32,36H,17-22H2,1-5H3/t30-,31+,32+,33-,34?,35+/m0/s1. The molecule has 6 heteroatoms. The Hall–Kier alpha value is -3.06. The summed E-state index contributed by atoms with van der Waals surface area (Å²) in [5.41, 5.74) is 10.3. The van der Waals surface area contributed by atoms with Gasteiger partial charge in [0.1, 0.15) is 0 Å². The summed E-state index contributed by atoms with van der Waals surface area (Å²) >= 11 is 0. The third-order valence-electron chi connectivity index (χ3n) is 12.6. The van der Waals surface area contributed by atoms with Gasteiger partial charge in [0.05, 0.1) is 23.9 Å². The number of hydrogen-bond donors (Lipinski definition) is 1. The number of anilines is 3. The molecule has 3 fully saturated rings. The zero-order valence-corrected chi connectivity index (χ0v) is 25.1. The first-order chi connectivity index (χ1) is 19.9. The van der Waals surface area contributed by atoms with Gasteiger partial charge in [0.25, 0.3) is 0 Å². The first-order valence-corrected chi connectivity index (χ1v) is 15.5. The van der Waals surface area contributed by atoms with E-state index in [1.807, 2.05) is 0 Å². The molecule has 6 heterocycles. The van der Waals surface area contributed by atoms with Gasteiger partial charge in [-0.05, 0) is 74.8 Å². The molecular weight excluding hydrogens is 504 g/mol. The maximum atomic E-state index is 4.30. The van der Waals surface area contributed by atoms with Crippen molar-refractivity contribution in [1.82, 2.24) is 14.7 Å². The lowest BCUT2D eigenvalue weighted by Crippen LogP contribution is -2.61. The van der Waals surface area contributed by atoms with Crippen LogP contribution >= 0.6 is 0 Å². The van der Waals surface area contributed by atoms with Gasteiger partial charge in [-0.3, -0.25) is 14.7 Å². The van der Waals surface area contributed by atoms with E-state index in [4.69, 9.17) is 0 Å². The predicted molar refractivity (Wildman–Crippen MR) is 167 cm³/mol. The van der Waals surface area contributed by atoms with Gasteiger partial charge in [-0.1, -0.05) is 54.6 Å². The first kappa shape index (κ1) is 24.5. The molecular formula is C35H42N6. The number of likely N-dealkylation sites (N-methyl/N-ethyl adjacent to an activating group) is 5. The Labute approximate surface area is 244 Å². The monoisotopic (exact) mass is 546 g/mol. The fourth-order valence-electron chi connectivity index (χ4n) is 11.3. The molecule has 0 amide bonds. The fraction of sp³-hybridized carbons (Fsp3) is 0.486. The molecule has 0 saturated carbocycles. The van der Waals surface area contributed by atoms with Crippen molar-refractivity contribution in [3.8, 4) is 0 Å². The van der Waals surface area contributed by atoms with E-state index in [0.717, 1.165) is 26.1 Å². The number of fused-ring (bicyclic) bond motifs is 10. The topological polar surface area (TPSA) is 28.2 Å². The molecule has 3 saturated heterocycles. The summed E-state index contributed by atoms with van der Waals surface area (Å²) in [6.07, 6.45) is 4.46. The van der Waals surface area contributed by atoms with Crippen LogP contribution < -0.4 is 15.1 Å². The highest BCUT2D eigenvalue weighted by atomic mass is 15.4. The number of nitrogens with one attached hydrogen (secondary N) is 1. The Bertz CT molecular complexity index is 1590. The van der Waals surface area contributed by atoms with Crippen LogP contribution in [-0.4, -0.2) is 88.1 Å². The van der Waals surface area contributed by atoms with E-state index in [9.17, 15) is 0 Å². The lowest BCUT2D eigenvalue weighted by Gasteiger charge is -2.49. The number of para-hydroxylation sites is 3. The van der Waals surface area contributed by atoms with Gasteiger partial charge in [0, 0.05) is 61.6 Å². The molecule has 3 aromatic rings. The summed E-state index contributed by atoms with van der Waals surface area (Å²) in [5, 5.41) is 4.30. The molecule has 0 spiro atoms. The Balaban J connectivity index is 1.32. The number of rotatable bonds is 2. The van der Waals surface area contributed by atoms with Gasteiger partial charge in [-0.2, -0.15) is 0 Å². The smallest absolute Gasteiger partial charge is 0.0956 e. The quantitative estimate of drug-likeness (QED) is 0.511. The van der Waals surface area contributed by atoms with Crippen LogP contribution in [0.5, 0.6) is 0 Å². The Kier molecular flexibility index (Phi) is 4.70. The van der Waals surface area contributed by atoms with E-state index in [-0.39, 0.29) is 22.4 Å². The van der Waals surface area contributed by atoms with E-state index < -0.39 is 0 Å². The normalized spacial score (nSPS) is 37.1. The fourth-order valence-corrected chi connectivity index (χ4v) is 11.3. The number of hydrogen-bond acceptors (Lipinski definition) is 6. The Morgan fingerprint density at radius 3 is 1.93 bits per heavy atom. The second kappa shape index (κ2) is 7.85. The van der Waals surface area contributed by atoms with Crippen LogP contribution in [0.2, 0.25) is 0 Å². The van der Waals surface area contributed by atoms with Crippen molar-refractivity contribution >= 4 is 17.1 Å². The van der Waals surface area contributed by atoms with E-state index >= 15 is 0 Å². The van der Waals surface area contributed by atoms with Crippen LogP contribution in [0.1, 0.15) is 41.5 Å². The molecule has 1 unspecified atom stereocenters. The van der Waals surface area contributed by atoms with Crippen LogP contribution in [0.15, 0.2) is 66.7 Å². The third-order valence-corrected chi connectivity index (χ3v) is 12.6. The molecule has 6 aliphatic rings. The molecule has 0 bridgehead atoms. The van der Waals surface area contributed by atoms with Crippen molar-refractivity contribution in [2.24, 2.45) is 0 Å². The lowest BCUT2D eigenvalue weighted by molar-refractivity contribution is 0.136. The zero-order chi connectivity index (χ0) is 27.9. The number of nitrogens with zero attached hydrogens (tertiary/aromatic N) is 5. The lowest BCUT2D eigenvalue weighted by atomic mass is 9.54. The van der Waals surface area contributed by atoms with Crippen molar-refractivity contribution in [3.63, 3.8) is 0 Å². The average Bonchev–Trinajstić information content (AvgIpc) is 3.79. The van der Waals surface area contributed by atoms with E-state index in [2.05, 4.69) is 132 Å². The second-order valence-electron chi connectivity index (χ2n) is 13.9. The van der Waals surface area contributed by atoms with Gasteiger partial charge < -0.3 is 15.1 Å². The van der Waals surface area contributed by atoms with Crippen molar-refractivity contribution in [3.05, 3.63) is 89.0 Å². The highest BCUT2D eigenvalue weighted by Crippen LogP contribution is 2.69. The van der Waals surface area contributed by atoms with Gasteiger partial charge in [0.2, 0.25) is 0 Å². The molecule has 0 aliphatic carbocycles. The molecule has 6 nitrogen and oxygen atoms in total. The summed E-state index contributed by atoms with van der Waals surface area (Å²) in [7, 11) is 11.7. The largest absolute Gasteiger partial charge is 0.368 e. The van der Waals surface area contributed by atoms with Crippen LogP contribution in [0, 0.1) is 0 Å². The van der Waals surface area contributed by atoms with E-state index in [0.29, 0.717) is 12.3 Å². The van der Waals surface area contributed by atoms with Crippen molar-refractivity contribution in [2.45, 2.75) is 54.0 Å². The van der Waals surface area contributed by atoms with E-state index in [1.165, 1.54) is 41.0 Å². The maximum Gasteiger partial charge on any atom is 0.0956 e. The van der Waals surface area contributed by atoms with Crippen molar-refractivity contribution in [1.29, 1.82) is 0 Å². The molecule has 41 heavy (non-hydrogen) atoms. The summed E-state index contributed by atoms with van der Waals surface area (Å²) in [6, 6.07) is 25.9. The van der Waals surface area contributed by atoms with Crippen molar-refractivity contribution in [2.75, 3.05) is 70.0 Å². The Morgan fingerprint density at radius 2 is 1.12 bits per heavy atom. The number of likely N-dealkylation sites (tertiary alicyclic amines) is 3. The van der Waals surface area contributed by atoms with Gasteiger partial charge in [-0.15, -0.1) is 0 Å². The molecule has 6 aliphatic heterocycles. The summed E-state index contributed by atoms with van der Waals surface area (Å²) in [4.78, 5) is 13.0. The molecule has 6 atom stereocenters. The average molecular weight is 547 g/mol.